The number of amides is 2. The molecule has 1 aliphatic rings. The number of esters is 1. The lowest BCUT2D eigenvalue weighted by Gasteiger charge is -2.22. The minimum Gasteiger partial charge on any atom is -0.437 e. The average molecular weight is 259 g/mol. The second kappa shape index (κ2) is 5.06. The van der Waals surface area contributed by atoms with Gasteiger partial charge >= 0.3 is 5.97 Å². The van der Waals surface area contributed by atoms with Crippen molar-refractivity contribution in [3.63, 3.8) is 0 Å². The first-order valence-electron chi connectivity index (χ1n) is 5.89. The number of hydrogen-bond acceptors (Lipinski definition) is 4. The lowest BCUT2D eigenvalue weighted by molar-refractivity contribution is -0.150. The lowest BCUT2D eigenvalue weighted by Crippen LogP contribution is -2.41. The molecule has 1 aromatic rings. The van der Waals surface area contributed by atoms with E-state index in [0.29, 0.717) is 11.1 Å². The van der Waals surface area contributed by atoms with E-state index in [1.165, 1.54) is 6.08 Å². The van der Waals surface area contributed by atoms with Crippen molar-refractivity contribution in [2.24, 2.45) is 0 Å². The molecule has 5 heteroatoms. The van der Waals surface area contributed by atoms with Gasteiger partial charge in [0, 0.05) is 6.42 Å². The van der Waals surface area contributed by atoms with Crippen LogP contribution in [0.2, 0.25) is 0 Å². The van der Waals surface area contributed by atoms with Gasteiger partial charge in [0.15, 0.2) is 0 Å². The molecule has 0 radical (unpaired) electrons. The zero-order valence-electron chi connectivity index (χ0n) is 10.5. The molecule has 0 N–H and O–H groups in total. The number of benzene rings is 1. The molecule has 1 unspecified atom stereocenters. The van der Waals surface area contributed by atoms with Crippen LogP contribution in [0.1, 0.15) is 34.1 Å². The molecule has 98 valence electrons. The first-order valence-corrected chi connectivity index (χ1v) is 5.89. The Morgan fingerprint density at radius 3 is 2.26 bits per heavy atom. The van der Waals surface area contributed by atoms with Gasteiger partial charge in [0.2, 0.25) is 6.23 Å². The molecule has 0 aliphatic carbocycles. The van der Waals surface area contributed by atoms with Crippen molar-refractivity contribution < 1.29 is 19.1 Å². The molecule has 0 saturated heterocycles. The van der Waals surface area contributed by atoms with E-state index < -0.39 is 24.0 Å². The van der Waals surface area contributed by atoms with Crippen LogP contribution in [-0.4, -0.2) is 28.9 Å². The van der Waals surface area contributed by atoms with E-state index in [0.717, 1.165) is 4.90 Å². The van der Waals surface area contributed by atoms with E-state index in [1.807, 2.05) is 0 Å². The monoisotopic (exact) mass is 259 g/mol. The van der Waals surface area contributed by atoms with Gasteiger partial charge in [-0.15, -0.1) is 0 Å². The van der Waals surface area contributed by atoms with Gasteiger partial charge in [-0.3, -0.25) is 14.4 Å². The van der Waals surface area contributed by atoms with Crippen LogP contribution in [0.4, 0.5) is 0 Å². The van der Waals surface area contributed by atoms with Gasteiger partial charge in [0.1, 0.15) is 0 Å². The van der Waals surface area contributed by atoms with Gasteiger partial charge in [-0.2, -0.15) is 0 Å². The molecular formula is C14H13NO4. The fourth-order valence-electron chi connectivity index (χ4n) is 1.86. The Hall–Kier alpha value is -2.43. The van der Waals surface area contributed by atoms with Gasteiger partial charge in [-0.05, 0) is 18.2 Å². The average Bonchev–Trinajstić information content (AvgIpc) is 2.69. The Labute approximate surface area is 110 Å². The van der Waals surface area contributed by atoms with Crippen LogP contribution in [-0.2, 0) is 9.53 Å². The number of carbonyl (C=O) groups is 3. The number of fused-ring (bicyclic) bond motifs is 1. The summed E-state index contributed by atoms with van der Waals surface area (Å²) in [6, 6.07) is 6.48. The number of carbonyl (C=O) groups excluding carboxylic acids is 3. The number of imide groups is 1. The van der Waals surface area contributed by atoms with Gasteiger partial charge < -0.3 is 4.74 Å². The van der Waals surface area contributed by atoms with Gasteiger partial charge in [-0.1, -0.05) is 25.6 Å². The van der Waals surface area contributed by atoms with Crippen LogP contribution < -0.4 is 0 Å². The van der Waals surface area contributed by atoms with Gasteiger partial charge in [0.05, 0.1) is 11.1 Å². The standard InChI is InChI=1S/C14H13NO4/c1-3-11(19-12(16)4-2)15-13(17)9-7-5-6-8-10(9)14(15)18/h3,5-8,11H,1,4H2,2H3. The molecule has 1 heterocycles. The predicted molar refractivity (Wildman–Crippen MR) is 67.3 cm³/mol. The molecule has 5 nitrogen and oxygen atoms in total. The molecule has 1 atom stereocenters. The molecule has 0 fully saturated rings. The van der Waals surface area contributed by atoms with Crippen molar-refractivity contribution >= 4 is 17.8 Å². The molecule has 19 heavy (non-hydrogen) atoms. The highest BCUT2D eigenvalue weighted by molar-refractivity contribution is 6.21. The minimum absolute atomic E-state index is 0.160. The van der Waals surface area contributed by atoms with Crippen molar-refractivity contribution in [3.05, 3.63) is 48.0 Å². The van der Waals surface area contributed by atoms with Gasteiger partial charge in [-0.25, -0.2) is 4.90 Å². The summed E-state index contributed by atoms with van der Waals surface area (Å²) in [6.45, 7) is 5.13. The van der Waals surface area contributed by atoms with E-state index >= 15 is 0 Å². The summed E-state index contributed by atoms with van der Waals surface area (Å²) in [6.07, 6.45) is 0.350. The second-order valence-corrected chi connectivity index (χ2v) is 4.00. The number of rotatable bonds is 4. The van der Waals surface area contributed by atoms with Crippen molar-refractivity contribution in [1.29, 1.82) is 0 Å². The third-order valence-electron chi connectivity index (χ3n) is 2.82. The summed E-state index contributed by atoms with van der Waals surface area (Å²) in [4.78, 5) is 36.5. The largest absolute Gasteiger partial charge is 0.437 e. The summed E-state index contributed by atoms with van der Waals surface area (Å²) >= 11 is 0. The van der Waals surface area contributed by atoms with Crippen LogP contribution >= 0.6 is 0 Å². The summed E-state index contributed by atoms with van der Waals surface area (Å²) in [7, 11) is 0. The number of hydrogen-bond donors (Lipinski definition) is 0. The van der Waals surface area contributed by atoms with Crippen LogP contribution in [0.25, 0.3) is 0 Å². The van der Waals surface area contributed by atoms with Crippen molar-refractivity contribution in [2.75, 3.05) is 0 Å². The SMILES string of the molecule is C=CC(OC(=O)CC)N1C(=O)c2ccccc2C1=O. The Morgan fingerprint density at radius 1 is 1.32 bits per heavy atom. The van der Waals surface area contributed by atoms with Crippen LogP contribution in [0.3, 0.4) is 0 Å². The summed E-state index contributed by atoms with van der Waals surface area (Å²) < 4.78 is 5.03. The first kappa shape index (κ1) is 13.0. The van der Waals surface area contributed by atoms with Crippen molar-refractivity contribution in [1.82, 2.24) is 4.90 Å². The number of ether oxygens (including phenoxy) is 1. The third kappa shape index (κ3) is 2.14. The molecule has 1 aliphatic heterocycles. The maximum absolute atomic E-state index is 12.1. The Morgan fingerprint density at radius 2 is 1.84 bits per heavy atom. The quantitative estimate of drug-likeness (QED) is 0.469. The Bertz CT molecular complexity index is 529. The zero-order valence-corrected chi connectivity index (χ0v) is 10.5. The molecule has 1 aromatic carbocycles. The number of nitrogens with zero attached hydrogens (tertiary/aromatic N) is 1. The van der Waals surface area contributed by atoms with Crippen LogP contribution in [0.5, 0.6) is 0 Å². The normalized spacial score (nSPS) is 15.1. The molecule has 0 aromatic heterocycles. The van der Waals surface area contributed by atoms with E-state index in [2.05, 4.69) is 6.58 Å². The summed E-state index contributed by atoms with van der Waals surface area (Å²) in [5.41, 5.74) is 0.624. The Kier molecular flexibility index (Phi) is 3.46. The maximum Gasteiger partial charge on any atom is 0.307 e. The Balaban J connectivity index is 2.32. The first-order chi connectivity index (χ1) is 9.10. The van der Waals surface area contributed by atoms with E-state index in [4.69, 9.17) is 4.74 Å². The predicted octanol–water partition coefficient (Wildman–Crippen LogP) is 1.75. The molecule has 2 rings (SSSR count). The zero-order chi connectivity index (χ0) is 14.0. The smallest absolute Gasteiger partial charge is 0.307 e. The lowest BCUT2D eigenvalue weighted by atomic mass is 10.1. The molecule has 0 spiro atoms. The second-order valence-electron chi connectivity index (χ2n) is 4.00. The topological polar surface area (TPSA) is 63.7 Å². The highest BCUT2D eigenvalue weighted by Gasteiger charge is 2.40. The molecule has 0 saturated carbocycles. The minimum atomic E-state index is -1.07. The molecular weight excluding hydrogens is 246 g/mol. The van der Waals surface area contributed by atoms with Crippen LogP contribution in [0, 0.1) is 0 Å². The van der Waals surface area contributed by atoms with Crippen molar-refractivity contribution in [3.8, 4) is 0 Å². The summed E-state index contributed by atoms with van der Waals surface area (Å²) in [5, 5.41) is 0. The molecule has 0 bridgehead atoms. The fourth-order valence-corrected chi connectivity index (χ4v) is 1.86. The highest BCUT2D eigenvalue weighted by Crippen LogP contribution is 2.25. The van der Waals surface area contributed by atoms with Crippen molar-refractivity contribution in [2.45, 2.75) is 19.6 Å². The fraction of sp³-hybridized carbons (Fsp3) is 0.214. The van der Waals surface area contributed by atoms with E-state index in [1.54, 1.807) is 31.2 Å². The van der Waals surface area contributed by atoms with E-state index in [-0.39, 0.29) is 6.42 Å². The summed E-state index contributed by atoms with van der Waals surface area (Å²) in [5.74, 6) is -1.45. The van der Waals surface area contributed by atoms with Gasteiger partial charge in [0.25, 0.3) is 11.8 Å². The maximum atomic E-state index is 12.1. The highest BCUT2D eigenvalue weighted by atomic mass is 16.6. The third-order valence-corrected chi connectivity index (χ3v) is 2.82. The van der Waals surface area contributed by atoms with E-state index in [9.17, 15) is 14.4 Å². The molecule has 2 amide bonds. The van der Waals surface area contributed by atoms with Crippen LogP contribution in [0.15, 0.2) is 36.9 Å².